The minimum absolute atomic E-state index is 0.0116. The van der Waals surface area contributed by atoms with Gasteiger partial charge >= 0.3 is 5.97 Å². The molecule has 3 aromatic carbocycles. The lowest BCUT2D eigenvalue weighted by Gasteiger charge is -2.43. The van der Waals surface area contributed by atoms with Crippen molar-refractivity contribution in [3.8, 4) is 11.1 Å². The number of benzene rings is 3. The van der Waals surface area contributed by atoms with E-state index in [1.807, 2.05) is 30.3 Å². The van der Waals surface area contributed by atoms with E-state index in [4.69, 9.17) is 14.2 Å². The molecule has 1 amide bonds. The quantitative estimate of drug-likeness (QED) is 0.223. The summed E-state index contributed by atoms with van der Waals surface area (Å²) in [4.78, 5) is 26.2. The third-order valence-corrected chi connectivity index (χ3v) is 10.7. The highest BCUT2D eigenvalue weighted by Crippen LogP contribution is 2.53. The molecule has 2 saturated heterocycles. The van der Waals surface area contributed by atoms with E-state index in [9.17, 15) is 14.7 Å². The van der Waals surface area contributed by atoms with Gasteiger partial charge < -0.3 is 24.6 Å². The van der Waals surface area contributed by atoms with Crippen molar-refractivity contribution < 1.29 is 28.9 Å². The summed E-state index contributed by atoms with van der Waals surface area (Å²) >= 11 is 0. The van der Waals surface area contributed by atoms with Crippen LogP contribution in [0.4, 0.5) is 0 Å². The van der Waals surface area contributed by atoms with Crippen LogP contribution in [0.3, 0.4) is 0 Å². The maximum Gasteiger partial charge on any atom is 0.303 e. The molecule has 2 aliphatic heterocycles. The van der Waals surface area contributed by atoms with E-state index in [0.717, 1.165) is 46.5 Å². The van der Waals surface area contributed by atoms with Crippen LogP contribution in [0.15, 0.2) is 72.8 Å². The van der Waals surface area contributed by atoms with E-state index in [-0.39, 0.29) is 30.6 Å². The molecule has 0 radical (unpaired) electrons. The summed E-state index contributed by atoms with van der Waals surface area (Å²) in [5.74, 6) is -0.683. The number of aliphatic hydroxyl groups is 1. The van der Waals surface area contributed by atoms with Crippen molar-refractivity contribution in [3.05, 3.63) is 95.1 Å². The number of fused-ring (bicyclic) bond motifs is 2. The molecule has 6 rings (SSSR count). The number of hydrogen-bond donors (Lipinski definition) is 2. The minimum atomic E-state index is -0.843. The summed E-state index contributed by atoms with van der Waals surface area (Å²) < 4.78 is 18.6. The molecule has 0 aromatic heterocycles. The summed E-state index contributed by atoms with van der Waals surface area (Å²) in [5.41, 5.74) is 6.67. The number of carbonyl (C=O) groups excluding carboxylic acids is 2. The Labute approximate surface area is 291 Å². The fourth-order valence-corrected chi connectivity index (χ4v) is 8.68. The Morgan fingerprint density at radius 1 is 0.959 bits per heavy atom. The smallest absolute Gasteiger partial charge is 0.303 e. The maximum atomic E-state index is 12.3. The van der Waals surface area contributed by atoms with Gasteiger partial charge in [0.15, 0.2) is 12.4 Å². The predicted octanol–water partition coefficient (Wildman–Crippen LogP) is 7.11. The number of ether oxygens (including phenoxy) is 3. The first kappa shape index (κ1) is 35.3. The van der Waals surface area contributed by atoms with E-state index >= 15 is 0 Å². The van der Waals surface area contributed by atoms with Crippen molar-refractivity contribution in [3.63, 3.8) is 0 Å². The Morgan fingerprint density at radius 2 is 1.67 bits per heavy atom. The second-order valence-electron chi connectivity index (χ2n) is 15.8. The van der Waals surface area contributed by atoms with Crippen LogP contribution in [0.5, 0.6) is 0 Å². The lowest BCUT2D eigenvalue weighted by atomic mass is 9.65. The number of carbonyl (C=O) groups is 2. The molecule has 0 spiro atoms. The Hall–Kier alpha value is -3.56. The molecule has 2 unspecified atom stereocenters. The van der Waals surface area contributed by atoms with Gasteiger partial charge in [-0.25, -0.2) is 0 Å². The molecule has 8 heteroatoms. The van der Waals surface area contributed by atoms with Crippen LogP contribution in [-0.2, 0) is 37.0 Å². The fraction of sp³-hybridized carbons (Fsp3) is 0.512. The van der Waals surface area contributed by atoms with E-state index in [2.05, 4.69) is 80.4 Å². The van der Waals surface area contributed by atoms with Crippen LogP contribution < -0.4 is 5.32 Å². The number of aliphatic hydroxyl groups excluding tert-OH is 1. The molecule has 2 bridgehead atoms. The van der Waals surface area contributed by atoms with E-state index < -0.39 is 18.4 Å². The Kier molecular flexibility index (Phi) is 10.3. The Balaban J connectivity index is 1.19. The second kappa shape index (κ2) is 14.4. The second-order valence-corrected chi connectivity index (χ2v) is 15.8. The van der Waals surface area contributed by atoms with Crippen LogP contribution in [0, 0.1) is 16.7 Å². The largest absolute Gasteiger partial charge is 0.453 e. The van der Waals surface area contributed by atoms with E-state index in [1.54, 1.807) is 6.92 Å². The summed E-state index contributed by atoms with van der Waals surface area (Å²) in [5, 5.41) is 12.5. The molecule has 7 atom stereocenters. The number of likely N-dealkylation sites (tertiary alicyclic amines) is 1. The van der Waals surface area contributed by atoms with Crippen molar-refractivity contribution in [2.45, 2.75) is 105 Å². The fourth-order valence-electron chi connectivity index (χ4n) is 8.68. The zero-order chi connectivity index (χ0) is 34.9. The van der Waals surface area contributed by atoms with Gasteiger partial charge in [0.2, 0.25) is 0 Å². The molecule has 2 heterocycles. The Morgan fingerprint density at radius 3 is 2.37 bits per heavy atom. The van der Waals surface area contributed by atoms with Crippen molar-refractivity contribution in [2.75, 3.05) is 13.1 Å². The highest BCUT2D eigenvalue weighted by molar-refractivity contribution is 5.82. The van der Waals surface area contributed by atoms with Gasteiger partial charge in [-0.3, -0.25) is 14.5 Å². The van der Waals surface area contributed by atoms with Gasteiger partial charge in [0.1, 0.15) is 0 Å². The topological polar surface area (TPSA) is 97.3 Å². The molecule has 262 valence electrons. The van der Waals surface area contributed by atoms with Crippen LogP contribution in [0.2, 0.25) is 0 Å². The van der Waals surface area contributed by atoms with Crippen molar-refractivity contribution in [1.82, 2.24) is 10.2 Å². The first-order chi connectivity index (χ1) is 23.3. The first-order valence-corrected chi connectivity index (χ1v) is 17.7. The van der Waals surface area contributed by atoms with Gasteiger partial charge in [-0.1, -0.05) is 94.4 Å². The van der Waals surface area contributed by atoms with Gasteiger partial charge in [0, 0.05) is 44.1 Å². The van der Waals surface area contributed by atoms with Crippen LogP contribution in [0.1, 0.15) is 95.5 Å². The highest BCUT2D eigenvalue weighted by Gasteiger charge is 2.51. The van der Waals surface area contributed by atoms with Crippen molar-refractivity contribution in [1.29, 1.82) is 0 Å². The monoisotopic (exact) mass is 668 g/mol. The molecular formula is C41H52N2O6. The molecule has 8 nitrogen and oxygen atoms in total. The highest BCUT2D eigenvalue weighted by atomic mass is 16.7. The first-order valence-electron chi connectivity index (χ1n) is 17.7. The van der Waals surface area contributed by atoms with E-state index in [1.165, 1.54) is 26.2 Å². The van der Waals surface area contributed by atoms with Crippen LogP contribution in [0.25, 0.3) is 11.1 Å². The number of nitrogens with zero attached hydrogens (tertiary/aromatic N) is 1. The van der Waals surface area contributed by atoms with Gasteiger partial charge in [-0.05, 0) is 70.9 Å². The normalized spacial score (nSPS) is 28.5. The molecule has 3 fully saturated rings. The van der Waals surface area contributed by atoms with Crippen LogP contribution >= 0.6 is 0 Å². The minimum Gasteiger partial charge on any atom is -0.453 e. The standard InChI is InChI=1S/C41H52N2O6/c1-26-36(22-43-25-41(6)20-35(43)19-40(4,5)24-41)48-39(49-37(26)32-12-10-29(23-44)11-13-32)33-16-14-31(15-17-33)34-9-7-8-30(18-34)21-42-38(46)27(2)47-28(3)45/h7-18,26-27,35-37,39,44H,19-25H2,1-6H3,(H,42,46)/t26-,27+,35?,36+,37+,39+,41?/m1/s1. The zero-order valence-corrected chi connectivity index (χ0v) is 29.8. The average Bonchev–Trinajstić information content (AvgIpc) is 3.31. The Bertz CT molecular complexity index is 1620. The summed E-state index contributed by atoms with van der Waals surface area (Å²) in [6.45, 7) is 14.7. The summed E-state index contributed by atoms with van der Waals surface area (Å²) in [6, 6.07) is 25.1. The predicted molar refractivity (Wildman–Crippen MR) is 189 cm³/mol. The molecule has 3 aliphatic rings. The third-order valence-electron chi connectivity index (χ3n) is 10.7. The molecule has 2 N–H and O–H groups in total. The van der Waals surface area contributed by atoms with Crippen molar-refractivity contribution >= 4 is 11.9 Å². The number of esters is 1. The third kappa shape index (κ3) is 8.26. The SMILES string of the molecule is CC(=O)O[C@@H](C)C(=O)NCc1cccc(-c2ccc([C@H]3O[C@@H](CN4CC5(C)CC4CC(C)(C)C5)[C@@H](C)[C@@H](c4ccc(CO)cc4)O3)cc2)c1. The lowest BCUT2D eigenvalue weighted by Crippen LogP contribution is -2.46. The maximum absolute atomic E-state index is 12.3. The number of rotatable bonds is 10. The zero-order valence-electron chi connectivity index (χ0n) is 29.8. The van der Waals surface area contributed by atoms with Crippen LogP contribution in [-0.4, -0.2) is 53.2 Å². The van der Waals surface area contributed by atoms with Gasteiger partial charge in [0.25, 0.3) is 5.91 Å². The molecule has 1 saturated carbocycles. The number of hydrogen-bond acceptors (Lipinski definition) is 7. The molecule has 3 aromatic rings. The lowest BCUT2D eigenvalue weighted by molar-refractivity contribution is -0.276. The molecule has 49 heavy (non-hydrogen) atoms. The van der Waals surface area contributed by atoms with E-state index in [0.29, 0.717) is 23.4 Å². The summed E-state index contributed by atoms with van der Waals surface area (Å²) in [7, 11) is 0. The average molecular weight is 669 g/mol. The summed E-state index contributed by atoms with van der Waals surface area (Å²) in [6.07, 6.45) is 2.21. The van der Waals surface area contributed by atoms with Gasteiger partial charge in [0.05, 0.1) is 18.8 Å². The van der Waals surface area contributed by atoms with Gasteiger partial charge in [-0.2, -0.15) is 0 Å². The molecule has 1 aliphatic carbocycles. The number of nitrogens with one attached hydrogen (secondary N) is 1. The van der Waals surface area contributed by atoms with Crippen molar-refractivity contribution in [2.24, 2.45) is 16.7 Å². The number of amides is 1. The molecular weight excluding hydrogens is 616 g/mol. The van der Waals surface area contributed by atoms with Gasteiger partial charge in [-0.15, -0.1) is 0 Å².